The number of nitrogens with zero attached hydrogens (tertiary/aromatic N) is 1. The summed E-state index contributed by atoms with van der Waals surface area (Å²) in [5, 5.41) is 0. The van der Waals surface area contributed by atoms with Crippen molar-refractivity contribution in [2.24, 2.45) is 0 Å². The average Bonchev–Trinajstić information content (AvgIpc) is 3.23. The average molecular weight is 225 g/mol. The zero-order chi connectivity index (χ0) is 11.5. The molecule has 0 aliphatic heterocycles. The normalized spacial score (nSPS) is 14.6. The molecule has 2 aromatic rings. The third-order valence-electron chi connectivity index (χ3n) is 3.04. The van der Waals surface area contributed by atoms with Gasteiger partial charge in [0.1, 0.15) is 6.61 Å². The molecule has 0 saturated heterocycles. The van der Waals surface area contributed by atoms with Gasteiger partial charge in [-0.2, -0.15) is 0 Å². The van der Waals surface area contributed by atoms with Crippen molar-refractivity contribution in [2.45, 2.75) is 25.4 Å². The number of pyridine rings is 1. The fourth-order valence-electron chi connectivity index (χ4n) is 1.87. The molecule has 0 unspecified atom stereocenters. The molecule has 1 aliphatic rings. The van der Waals surface area contributed by atoms with Gasteiger partial charge in [0, 0.05) is 12.3 Å². The zero-order valence-electron chi connectivity index (χ0n) is 9.67. The monoisotopic (exact) mass is 225 g/mol. The van der Waals surface area contributed by atoms with Gasteiger partial charge in [-0.1, -0.05) is 36.4 Å². The standard InChI is InChI=1S/C15H15NO/c1-2-4-12(5-3-1)11-17-15-9-8-14(10-16-15)13-6-7-13/h1-5,8-10,13H,6-7,11H2. The predicted molar refractivity (Wildman–Crippen MR) is 67.0 cm³/mol. The third-order valence-corrected chi connectivity index (χ3v) is 3.04. The fraction of sp³-hybridized carbons (Fsp3) is 0.267. The molecule has 0 N–H and O–H groups in total. The molecule has 1 fully saturated rings. The summed E-state index contributed by atoms with van der Waals surface area (Å²) in [4.78, 5) is 4.33. The summed E-state index contributed by atoms with van der Waals surface area (Å²) in [6.07, 6.45) is 4.57. The van der Waals surface area contributed by atoms with Crippen LogP contribution in [-0.4, -0.2) is 4.98 Å². The van der Waals surface area contributed by atoms with Gasteiger partial charge in [0.15, 0.2) is 0 Å². The summed E-state index contributed by atoms with van der Waals surface area (Å²) in [6, 6.07) is 14.2. The van der Waals surface area contributed by atoms with Crippen LogP contribution >= 0.6 is 0 Å². The minimum absolute atomic E-state index is 0.580. The van der Waals surface area contributed by atoms with Crippen molar-refractivity contribution < 1.29 is 4.74 Å². The highest BCUT2D eigenvalue weighted by molar-refractivity contribution is 5.24. The maximum atomic E-state index is 5.64. The maximum Gasteiger partial charge on any atom is 0.213 e. The van der Waals surface area contributed by atoms with Crippen molar-refractivity contribution in [1.29, 1.82) is 0 Å². The van der Waals surface area contributed by atoms with Crippen molar-refractivity contribution in [3.05, 3.63) is 59.8 Å². The van der Waals surface area contributed by atoms with E-state index in [4.69, 9.17) is 4.74 Å². The lowest BCUT2D eigenvalue weighted by Gasteiger charge is -2.05. The van der Waals surface area contributed by atoms with E-state index in [-0.39, 0.29) is 0 Å². The van der Waals surface area contributed by atoms with Gasteiger partial charge in [-0.3, -0.25) is 0 Å². The minimum Gasteiger partial charge on any atom is -0.473 e. The van der Waals surface area contributed by atoms with Crippen LogP contribution in [0.5, 0.6) is 5.88 Å². The third kappa shape index (κ3) is 2.64. The van der Waals surface area contributed by atoms with Crippen LogP contribution in [-0.2, 0) is 6.61 Å². The van der Waals surface area contributed by atoms with Crippen molar-refractivity contribution in [2.75, 3.05) is 0 Å². The van der Waals surface area contributed by atoms with E-state index in [1.807, 2.05) is 30.5 Å². The van der Waals surface area contributed by atoms with E-state index >= 15 is 0 Å². The Labute approximate surface area is 101 Å². The highest BCUT2D eigenvalue weighted by Gasteiger charge is 2.23. The lowest BCUT2D eigenvalue weighted by molar-refractivity contribution is 0.294. The lowest BCUT2D eigenvalue weighted by Crippen LogP contribution is -1.97. The van der Waals surface area contributed by atoms with Crippen molar-refractivity contribution in [3.63, 3.8) is 0 Å². The van der Waals surface area contributed by atoms with Gasteiger partial charge >= 0.3 is 0 Å². The van der Waals surface area contributed by atoms with Crippen molar-refractivity contribution >= 4 is 0 Å². The van der Waals surface area contributed by atoms with Crippen LogP contribution in [0.1, 0.15) is 29.9 Å². The molecule has 1 aromatic heterocycles. The van der Waals surface area contributed by atoms with Gasteiger partial charge in [0.2, 0.25) is 5.88 Å². The summed E-state index contributed by atoms with van der Waals surface area (Å²) < 4.78 is 5.64. The van der Waals surface area contributed by atoms with Gasteiger partial charge in [0.25, 0.3) is 0 Å². The molecule has 0 radical (unpaired) electrons. The van der Waals surface area contributed by atoms with Crippen LogP contribution in [0.4, 0.5) is 0 Å². The number of hydrogen-bond donors (Lipinski definition) is 0. The Morgan fingerprint density at radius 1 is 1.06 bits per heavy atom. The van der Waals surface area contributed by atoms with Crippen LogP contribution < -0.4 is 4.74 Å². The Bertz CT molecular complexity index is 474. The topological polar surface area (TPSA) is 22.1 Å². The first-order valence-electron chi connectivity index (χ1n) is 6.04. The molecule has 1 aromatic carbocycles. The second-order valence-electron chi connectivity index (χ2n) is 4.48. The largest absolute Gasteiger partial charge is 0.473 e. The van der Waals surface area contributed by atoms with E-state index in [2.05, 4.69) is 23.2 Å². The molecule has 1 aliphatic carbocycles. The summed E-state index contributed by atoms with van der Waals surface area (Å²) in [5.74, 6) is 1.46. The summed E-state index contributed by atoms with van der Waals surface area (Å²) in [6.45, 7) is 0.580. The number of aromatic nitrogens is 1. The Morgan fingerprint density at radius 3 is 2.53 bits per heavy atom. The molecule has 2 nitrogen and oxygen atoms in total. The van der Waals surface area contributed by atoms with Crippen LogP contribution in [0.3, 0.4) is 0 Å². The van der Waals surface area contributed by atoms with E-state index in [1.165, 1.54) is 24.0 Å². The molecule has 1 saturated carbocycles. The van der Waals surface area contributed by atoms with Crippen LogP contribution in [0.15, 0.2) is 48.7 Å². The molecule has 0 atom stereocenters. The quantitative estimate of drug-likeness (QED) is 0.794. The molecular formula is C15H15NO. The highest BCUT2D eigenvalue weighted by atomic mass is 16.5. The first-order chi connectivity index (χ1) is 8.42. The Morgan fingerprint density at radius 2 is 1.88 bits per heavy atom. The molecule has 3 rings (SSSR count). The van der Waals surface area contributed by atoms with E-state index in [0.717, 1.165) is 5.92 Å². The summed E-state index contributed by atoms with van der Waals surface area (Å²) in [7, 11) is 0. The van der Waals surface area contributed by atoms with Gasteiger partial charge in [-0.15, -0.1) is 0 Å². The van der Waals surface area contributed by atoms with Gasteiger partial charge in [-0.25, -0.2) is 4.98 Å². The highest BCUT2D eigenvalue weighted by Crippen LogP contribution is 2.39. The Balaban J connectivity index is 1.61. The van der Waals surface area contributed by atoms with Crippen molar-refractivity contribution in [3.8, 4) is 5.88 Å². The maximum absolute atomic E-state index is 5.64. The molecule has 0 spiro atoms. The van der Waals surface area contributed by atoms with Crippen LogP contribution in [0.2, 0.25) is 0 Å². The number of hydrogen-bond acceptors (Lipinski definition) is 2. The summed E-state index contributed by atoms with van der Waals surface area (Å²) in [5.41, 5.74) is 2.51. The molecular weight excluding hydrogens is 210 g/mol. The SMILES string of the molecule is c1ccc(COc2ccc(C3CC3)cn2)cc1. The van der Waals surface area contributed by atoms with Crippen LogP contribution in [0.25, 0.3) is 0 Å². The zero-order valence-corrected chi connectivity index (χ0v) is 9.67. The molecule has 0 bridgehead atoms. The minimum atomic E-state index is 0.580. The Hall–Kier alpha value is -1.83. The van der Waals surface area contributed by atoms with Crippen molar-refractivity contribution in [1.82, 2.24) is 4.98 Å². The van der Waals surface area contributed by atoms with Gasteiger partial charge < -0.3 is 4.74 Å². The molecule has 2 heteroatoms. The predicted octanol–water partition coefficient (Wildman–Crippen LogP) is 3.54. The first-order valence-corrected chi connectivity index (χ1v) is 6.04. The Kier molecular flexibility index (Phi) is 2.78. The molecule has 0 amide bonds. The van der Waals surface area contributed by atoms with E-state index in [1.54, 1.807) is 0 Å². The van der Waals surface area contributed by atoms with Crippen LogP contribution in [0, 0.1) is 0 Å². The number of rotatable bonds is 4. The van der Waals surface area contributed by atoms with E-state index in [0.29, 0.717) is 12.5 Å². The fourth-order valence-corrected chi connectivity index (χ4v) is 1.87. The second-order valence-corrected chi connectivity index (χ2v) is 4.48. The molecule has 86 valence electrons. The first kappa shape index (κ1) is 10.3. The van der Waals surface area contributed by atoms with E-state index < -0.39 is 0 Å². The second kappa shape index (κ2) is 4.58. The van der Waals surface area contributed by atoms with Gasteiger partial charge in [-0.05, 0) is 29.9 Å². The molecule has 17 heavy (non-hydrogen) atoms. The number of ether oxygens (including phenoxy) is 1. The smallest absolute Gasteiger partial charge is 0.213 e. The van der Waals surface area contributed by atoms with Gasteiger partial charge in [0.05, 0.1) is 0 Å². The summed E-state index contributed by atoms with van der Waals surface area (Å²) >= 11 is 0. The lowest BCUT2D eigenvalue weighted by atomic mass is 10.2. The van der Waals surface area contributed by atoms with E-state index in [9.17, 15) is 0 Å². The number of benzene rings is 1. The molecule has 1 heterocycles.